The van der Waals surface area contributed by atoms with Crippen LogP contribution in [0, 0.1) is 0 Å². The molecule has 1 aromatic carbocycles. The van der Waals surface area contributed by atoms with Gasteiger partial charge in [-0.15, -0.1) is 0 Å². The minimum atomic E-state index is 0.662. The molecule has 0 saturated heterocycles. The van der Waals surface area contributed by atoms with E-state index in [2.05, 4.69) is 32.3 Å². The van der Waals surface area contributed by atoms with Gasteiger partial charge < -0.3 is 11.1 Å². The molecule has 0 atom stereocenters. The van der Waals surface area contributed by atoms with Crippen LogP contribution >= 0.6 is 15.9 Å². The third kappa shape index (κ3) is 2.52. The molecule has 0 radical (unpaired) electrons. The van der Waals surface area contributed by atoms with Crippen molar-refractivity contribution in [2.24, 2.45) is 0 Å². The van der Waals surface area contributed by atoms with Crippen molar-refractivity contribution in [1.82, 2.24) is 4.98 Å². The predicted molar refractivity (Wildman–Crippen MR) is 70.1 cm³/mol. The fraction of sp³-hybridized carbons (Fsp3) is 0.0833. The van der Waals surface area contributed by atoms with Crippen molar-refractivity contribution in [3.8, 4) is 0 Å². The molecule has 1 aromatic heterocycles. The Balaban J connectivity index is 2.09. The number of halogens is 1. The lowest BCUT2D eigenvalue weighted by atomic mass is 10.2. The molecule has 3 nitrogen and oxygen atoms in total. The Morgan fingerprint density at radius 2 is 2.00 bits per heavy atom. The normalized spacial score (nSPS) is 10.1. The first-order valence-corrected chi connectivity index (χ1v) is 5.74. The second kappa shape index (κ2) is 4.99. The van der Waals surface area contributed by atoms with Crippen LogP contribution in [0.25, 0.3) is 0 Å². The van der Waals surface area contributed by atoms with E-state index in [0.717, 1.165) is 10.3 Å². The number of hydrogen-bond donors (Lipinski definition) is 2. The molecule has 0 spiro atoms. The fourth-order valence-corrected chi connectivity index (χ4v) is 1.81. The third-order valence-corrected chi connectivity index (χ3v) is 3.02. The Morgan fingerprint density at radius 1 is 1.19 bits per heavy atom. The molecule has 2 aromatic rings. The zero-order chi connectivity index (χ0) is 11.4. The lowest BCUT2D eigenvalue weighted by molar-refractivity contribution is 1.10. The van der Waals surface area contributed by atoms with E-state index in [0.29, 0.717) is 12.2 Å². The number of nitrogens with zero attached hydrogens (tertiary/aromatic N) is 1. The van der Waals surface area contributed by atoms with E-state index in [9.17, 15) is 0 Å². The first kappa shape index (κ1) is 11.0. The quantitative estimate of drug-likeness (QED) is 0.907. The molecule has 0 fully saturated rings. The molecular formula is C12H12BrN3. The lowest BCUT2D eigenvalue weighted by Gasteiger charge is -2.08. The number of anilines is 2. The summed E-state index contributed by atoms with van der Waals surface area (Å²) in [6.45, 7) is 0.697. The zero-order valence-corrected chi connectivity index (χ0v) is 10.2. The van der Waals surface area contributed by atoms with E-state index in [1.165, 1.54) is 5.56 Å². The highest BCUT2D eigenvalue weighted by Crippen LogP contribution is 2.19. The molecule has 82 valence electrons. The highest BCUT2D eigenvalue weighted by atomic mass is 79.9. The van der Waals surface area contributed by atoms with Crippen LogP contribution in [-0.2, 0) is 6.54 Å². The van der Waals surface area contributed by atoms with Crippen LogP contribution < -0.4 is 11.1 Å². The van der Waals surface area contributed by atoms with Crippen molar-refractivity contribution in [1.29, 1.82) is 0 Å². The van der Waals surface area contributed by atoms with Crippen LogP contribution in [0.3, 0.4) is 0 Å². The van der Waals surface area contributed by atoms with Crippen LogP contribution in [0.1, 0.15) is 5.56 Å². The molecule has 1 heterocycles. The Bertz CT molecular complexity index is 440. The third-order valence-electron chi connectivity index (χ3n) is 2.24. The van der Waals surface area contributed by atoms with Gasteiger partial charge in [0.05, 0.1) is 5.69 Å². The van der Waals surface area contributed by atoms with Crippen LogP contribution in [0.15, 0.2) is 47.1 Å². The predicted octanol–water partition coefficient (Wildman–Crippen LogP) is 3.04. The van der Waals surface area contributed by atoms with E-state index >= 15 is 0 Å². The van der Waals surface area contributed by atoms with Gasteiger partial charge in [-0.25, -0.2) is 4.98 Å². The Kier molecular flexibility index (Phi) is 3.41. The number of nitrogens with two attached hydrogens (primary N) is 1. The maximum atomic E-state index is 5.79. The summed E-state index contributed by atoms with van der Waals surface area (Å²) in [6.07, 6.45) is 1.72. The average molecular weight is 278 g/mol. The topological polar surface area (TPSA) is 50.9 Å². The maximum Gasteiger partial charge on any atom is 0.149 e. The van der Waals surface area contributed by atoms with Gasteiger partial charge in [-0.2, -0.15) is 0 Å². The lowest BCUT2D eigenvalue weighted by Crippen LogP contribution is -2.04. The number of nitrogens with one attached hydrogen (secondary N) is 1. The SMILES string of the molecule is Nc1cccnc1NCc1ccccc1Br. The average Bonchev–Trinajstić information content (AvgIpc) is 2.30. The van der Waals surface area contributed by atoms with Gasteiger partial charge in [0.15, 0.2) is 0 Å². The number of aromatic nitrogens is 1. The largest absolute Gasteiger partial charge is 0.396 e. The maximum absolute atomic E-state index is 5.79. The van der Waals surface area contributed by atoms with Gasteiger partial charge in [0.25, 0.3) is 0 Å². The number of benzene rings is 1. The standard InChI is InChI=1S/C12H12BrN3/c13-10-5-2-1-4-9(10)8-16-12-11(14)6-3-7-15-12/h1-7H,8,14H2,(H,15,16). The molecule has 2 rings (SSSR count). The summed E-state index contributed by atoms with van der Waals surface area (Å²) in [5.74, 6) is 0.721. The minimum Gasteiger partial charge on any atom is -0.396 e. The molecule has 0 aliphatic carbocycles. The number of hydrogen-bond acceptors (Lipinski definition) is 3. The van der Waals surface area contributed by atoms with Gasteiger partial charge in [-0.1, -0.05) is 34.1 Å². The molecule has 0 unspecified atom stereocenters. The molecule has 4 heteroatoms. The van der Waals surface area contributed by atoms with Crippen molar-refractivity contribution in [3.63, 3.8) is 0 Å². The van der Waals surface area contributed by atoms with Crippen molar-refractivity contribution >= 4 is 27.4 Å². The van der Waals surface area contributed by atoms with Crippen molar-refractivity contribution < 1.29 is 0 Å². The summed E-state index contributed by atoms with van der Waals surface area (Å²) in [5, 5.41) is 3.20. The molecule has 16 heavy (non-hydrogen) atoms. The van der Waals surface area contributed by atoms with Crippen LogP contribution in [0.4, 0.5) is 11.5 Å². The van der Waals surface area contributed by atoms with Crippen LogP contribution in [-0.4, -0.2) is 4.98 Å². The Labute approximate surface area is 103 Å². The summed E-state index contributed by atoms with van der Waals surface area (Å²) in [5.41, 5.74) is 7.62. The molecule has 3 N–H and O–H groups in total. The van der Waals surface area contributed by atoms with E-state index in [1.807, 2.05) is 30.3 Å². The number of pyridine rings is 1. The van der Waals surface area contributed by atoms with Gasteiger partial charge in [0.2, 0.25) is 0 Å². The van der Waals surface area contributed by atoms with Crippen LogP contribution in [0.2, 0.25) is 0 Å². The van der Waals surface area contributed by atoms with E-state index in [4.69, 9.17) is 5.73 Å². The molecule has 0 amide bonds. The van der Waals surface area contributed by atoms with E-state index in [1.54, 1.807) is 6.20 Å². The van der Waals surface area contributed by atoms with Gasteiger partial charge in [-0.05, 0) is 23.8 Å². The molecule has 0 bridgehead atoms. The number of nitrogen functional groups attached to an aromatic ring is 1. The second-order valence-corrected chi connectivity index (χ2v) is 4.24. The molecule has 0 aliphatic heterocycles. The van der Waals surface area contributed by atoms with Gasteiger partial charge >= 0.3 is 0 Å². The highest BCUT2D eigenvalue weighted by Gasteiger charge is 2.01. The summed E-state index contributed by atoms with van der Waals surface area (Å²) in [4.78, 5) is 4.17. The van der Waals surface area contributed by atoms with Gasteiger partial charge in [0.1, 0.15) is 5.82 Å². The number of rotatable bonds is 3. The highest BCUT2D eigenvalue weighted by molar-refractivity contribution is 9.10. The second-order valence-electron chi connectivity index (χ2n) is 3.39. The van der Waals surface area contributed by atoms with Crippen molar-refractivity contribution in [3.05, 3.63) is 52.6 Å². The van der Waals surface area contributed by atoms with E-state index < -0.39 is 0 Å². The van der Waals surface area contributed by atoms with Crippen LogP contribution in [0.5, 0.6) is 0 Å². The first-order valence-electron chi connectivity index (χ1n) is 4.95. The molecule has 0 aliphatic rings. The monoisotopic (exact) mass is 277 g/mol. The fourth-order valence-electron chi connectivity index (χ4n) is 1.39. The summed E-state index contributed by atoms with van der Waals surface area (Å²) in [7, 11) is 0. The van der Waals surface area contributed by atoms with E-state index in [-0.39, 0.29) is 0 Å². The Morgan fingerprint density at radius 3 is 2.75 bits per heavy atom. The summed E-state index contributed by atoms with van der Waals surface area (Å²) in [6, 6.07) is 11.7. The molecular weight excluding hydrogens is 266 g/mol. The zero-order valence-electron chi connectivity index (χ0n) is 8.65. The Hall–Kier alpha value is -1.55. The smallest absolute Gasteiger partial charge is 0.149 e. The first-order chi connectivity index (χ1) is 7.77. The summed E-state index contributed by atoms with van der Waals surface area (Å²) >= 11 is 3.50. The van der Waals surface area contributed by atoms with Gasteiger partial charge in [-0.3, -0.25) is 0 Å². The summed E-state index contributed by atoms with van der Waals surface area (Å²) < 4.78 is 1.08. The molecule has 0 saturated carbocycles. The van der Waals surface area contributed by atoms with Gasteiger partial charge in [0, 0.05) is 17.2 Å². The van der Waals surface area contributed by atoms with Crippen molar-refractivity contribution in [2.45, 2.75) is 6.54 Å². The minimum absolute atomic E-state index is 0.662. The van der Waals surface area contributed by atoms with Crippen molar-refractivity contribution in [2.75, 3.05) is 11.1 Å².